The first kappa shape index (κ1) is 12.9. The van der Waals surface area contributed by atoms with E-state index < -0.39 is 0 Å². The van der Waals surface area contributed by atoms with Gasteiger partial charge in [0.15, 0.2) is 0 Å². The van der Waals surface area contributed by atoms with Crippen LogP contribution in [0.3, 0.4) is 0 Å². The average molecular weight is 274 g/mol. The number of carbonyl (C=O) groups is 1. The van der Waals surface area contributed by atoms with Crippen LogP contribution in [0.15, 0.2) is 14.4 Å². The van der Waals surface area contributed by atoms with Gasteiger partial charge in [-0.1, -0.05) is 13.3 Å². The average Bonchev–Trinajstić information content (AvgIpc) is 3.01. The van der Waals surface area contributed by atoms with E-state index in [1.165, 1.54) is 0 Å². The van der Waals surface area contributed by atoms with Gasteiger partial charge in [0.1, 0.15) is 17.9 Å². The topological polar surface area (TPSA) is 70.2 Å². The lowest BCUT2D eigenvalue weighted by Crippen LogP contribution is -2.32. The number of furan rings is 1. The summed E-state index contributed by atoms with van der Waals surface area (Å²) in [5.74, 6) is 1.78. The Balaban J connectivity index is 1.94. The summed E-state index contributed by atoms with van der Waals surface area (Å²) in [4.78, 5) is 23.1. The monoisotopic (exact) mass is 274 g/mol. The van der Waals surface area contributed by atoms with Crippen LogP contribution in [-0.2, 0) is 0 Å². The number of nitrogens with zero attached hydrogens (tertiary/aromatic N) is 3. The van der Waals surface area contributed by atoms with E-state index in [-0.39, 0.29) is 5.91 Å². The van der Waals surface area contributed by atoms with Crippen LogP contribution in [0, 0.1) is 6.92 Å². The van der Waals surface area contributed by atoms with E-state index in [4.69, 9.17) is 4.42 Å². The van der Waals surface area contributed by atoms with E-state index >= 15 is 0 Å². The maximum atomic E-state index is 12.4. The van der Waals surface area contributed by atoms with Gasteiger partial charge < -0.3 is 14.6 Å². The summed E-state index contributed by atoms with van der Waals surface area (Å²) >= 11 is 0. The van der Waals surface area contributed by atoms with Crippen molar-refractivity contribution in [3.63, 3.8) is 0 Å². The van der Waals surface area contributed by atoms with Crippen LogP contribution in [0.5, 0.6) is 0 Å². The second-order valence-electron chi connectivity index (χ2n) is 4.97. The van der Waals surface area contributed by atoms with Crippen molar-refractivity contribution in [3.8, 4) is 0 Å². The van der Waals surface area contributed by atoms with Crippen molar-refractivity contribution in [3.05, 3.63) is 16.9 Å². The van der Waals surface area contributed by atoms with E-state index in [1.807, 2.05) is 4.90 Å². The van der Waals surface area contributed by atoms with Gasteiger partial charge in [-0.05, 0) is 13.3 Å². The minimum Gasteiger partial charge on any atom is -0.442 e. The molecular weight excluding hydrogens is 256 g/mol. The molecule has 0 radical (unpaired) electrons. The highest BCUT2D eigenvalue weighted by atomic mass is 16.4. The third kappa shape index (κ3) is 2.01. The Morgan fingerprint density at radius 2 is 2.40 bits per heavy atom. The highest BCUT2D eigenvalue weighted by molar-refractivity contribution is 6.17. The number of unbranched alkanes of at least 4 members (excludes halogenated alkanes) is 1. The second kappa shape index (κ2) is 5.11. The number of amidine groups is 1. The number of aliphatic imine (C=N–C) groups is 2. The molecule has 1 amide bonds. The van der Waals surface area contributed by atoms with Crippen LogP contribution in [0.2, 0.25) is 0 Å². The van der Waals surface area contributed by atoms with Crippen molar-refractivity contribution in [2.24, 2.45) is 9.98 Å². The number of hydrogen-bond acceptors (Lipinski definition) is 5. The Hall–Kier alpha value is -2.11. The normalized spacial score (nSPS) is 15.9. The van der Waals surface area contributed by atoms with E-state index in [1.54, 1.807) is 13.3 Å². The molecule has 2 aliphatic rings. The SMILES string of the molecule is CCCCNC(=O)c1c(C)oc2c1C1=NCCN1C=N2. The molecule has 6 heteroatoms. The number of aryl methyl sites for hydroxylation is 1. The van der Waals surface area contributed by atoms with Crippen molar-refractivity contribution in [2.45, 2.75) is 26.7 Å². The third-order valence-corrected chi connectivity index (χ3v) is 3.52. The van der Waals surface area contributed by atoms with Crippen LogP contribution in [-0.4, -0.2) is 42.6 Å². The first-order valence-corrected chi connectivity index (χ1v) is 6.99. The predicted octanol–water partition coefficient (Wildman–Crippen LogP) is 1.85. The van der Waals surface area contributed by atoms with Gasteiger partial charge in [-0.25, -0.2) is 4.99 Å². The predicted molar refractivity (Wildman–Crippen MR) is 76.9 cm³/mol. The summed E-state index contributed by atoms with van der Waals surface area (Å²) in [5, 5.41) is 2.93. The summed E-state index contributed by atoms with van der Waals surface area (Å²) in [6.45, 7) is 6.09. The number of fused-ring (bicyclic) bond motifs is 3. The Bertz CT molecular complexity index is 601. The molecule has 6 nitrogen and oxygen atoms in total. The fourth-order valence-electron chi connectivity index (χ4n) is 2.49. The summed E-state index contributed by atoms with van der Waals surface area (Å²) in [6, 6.07) is 0. The maximum absolute atomic E-state index is 12.4. The minimum absolute atomic E-state index is 0.104. The molecule has 2 aliphatic heterocycles. The van der Waals surface area contributed by atoms with Crippen molar-refractivity contribution in [1.29, 1.82) is 0 Å². The van der Waals surface area contributed by atoms with E-state index in [0.29, 0.717) is 23.8 Å². The van der Waals surface area contributed by atoms with E-state index in [9.17, 15) is 4.79 Å². The molecule has 0 spiro atoms. The molecule has 0 fully saturated rings. The molecule has 0 bridgehead atoms. The van der Waals surface area contributed by atoms with Crippen molar-refractivity contribution < 1.29 is 9.21 Å². The van der Waals surface area contributed by atoms with Gasteiger partial charge in [0.2, 0.25) is 5.88 Å². The minimum atomic E-state index is -0.104. The molecular formula is C14H18N4O2. The Morgan fingerprint density at radius 1 is 1.55 bits per heavy atom. The second-order valence-corrected chi connectivity index (χ2v) is 4.97. The molecule has 0 aromatic carbocycles. The molecule has 0 aliphatic carbocycles. The Labute approximate surface area is 117 Å². The van der Waals surface area contributed by atoms with Crippen LogP contribution < -0.4 is 5.32 Å². The zero-order valence-corrected chi connectivity index (χ0v) is 11.8. The van der Waals surface area contributed by atoms with Gasteiger partial charge in [-0.15, -0.1) is 0 Å². The summed E-state index contributed by atoms with van der Waals surface area (Å²) in [5.41, 5.74) is 1.30. The lowest BCUT2D eigenvalue weighted by atomic mass is 10.1. The van der Waals surface area contributed by atoms with Gasteiger partial charge >= 0.3 is 0 Å². The molecule has 1 aromatic rings. The fraction of sp³-hybridized carbons (Fsp3) is 0.500. The summed E-state index contributed by atoms with van der Waals surface area (Å²) in [7, 11) is 0. The summed E-state index contributed by atoms with van der Waals surface area (Å²) < 4.78 is 5.61. The van der Waals surface area contributed by atoms with Crippen LogP contribution in [0.4, 0.5) is 5.88 Å². The van der Waals surface area contributed by atoms with Crippen LogP contribution in [0.25, 0.3) is 0 Å². The first-order chi connectivity index (χ1) is 9.72. The largest absolute Gasteiger partial charge is 0.442 e. The molecule has 0 atom stereocenters. The molecule has 0 saturated carbocycles. The fourth-order valence-corrected chi connectivity index (χ4v) is 2.49. The van der Waals surface area contributed by atoms with E-state index in [0.717, 1.165) is 37.3 Å². The number of rotatable bonds is 4. The molecule has 20 heavy (non-hydrogen) atoms. The molecule has 106 valence electrons. The van der Waals surface area contributed by atoms with E-state index in [2.05, 4.69) is 22.2 Å². The van der Waals surface area contributed by atoms with Gasteiger partial charge in [0.05, 0.1) is 17.7 Å². The zero-order chi connectivity index (χ0) is 14.1. The maximum Gasteiger partial charge on any atom is 0.255 e. The molecule has 1 N–H and O–H groups in total. The lowest BCUT2D eigenvalue weighted by Gasteiger charge is -2.18. The van der Waals surface area contributed by atoms with Crippen molar-refractivity contribution in [1.82, 2.24) is 10.2 Å². The van der Waals surface area contributed by atoms with Crippen molar-refractivity contribution >= 4 is 24.0 Å². The highest BCUT2D eigenvalue weighted by Gasteiger charge is 2.33. The standard InChI is InChI=1S/C14H18N4O2/c1-3-4-5-16-13(19)10-9(2)20-14-11(10)12-15-6-7-18(12)8-17-14/h8H,3-7H2,1-2H3,(H,16,19). The zero-order valence-electron chi connectivity index (χ0n) is 11.8. The first-order valence-electron chi connectivity index (χ1n) is 6.99. The number of hydrogen-bond donors (Lipinski definition) is 1. The lowest BCUT2D eigenvalue weighted by molar-refractivity contribution is 0.0951. The molecule has 3 rings (SSSR count). The highest BCUT2D eigenvalue weighted by Crippen LogP contribution is 2.34. The number of amides is 1. The number of nitrogens with one attached hydrogen (secondary N) is 1. The van der Waals surface area contributed by atoms with Crippen molar-refractivity contribution in [2.75, 3.05) is 19.6 Å². The summed E-state index contributed by atoms with van der Waals surface area (Å²) in [6.07, 6.45) is 3.74. The Morgan fingerprint density at radius 3 is 3.20 bits per heavy atom. The molecule has 0 unspecified atom stereocenters. The third-order valence-electron chi connectivity index (χ3n) is 3.52. The van der Waals surface area contributed by atoms with Gasteiger partial charge in [0, 0.05) is 13.1 Å². The van der Waals surface area contributed by atoms with Gasteiger partial charge in [-0.2, -0.15) is 0 Å². The van der Waals surface area contributed by atoms with Crippen LogP contribution >= 0.6 is 0 Å². The van der Waals surface area contributed by atoms with Gasteiger partial charge in [0.25, 0.3) is 5.91 Å². The van der Waals surface area contributed by atoms with Gasteiger partial charge in [-0.3, -0.25) is 9.79 Å². The number of carbonyl (C=O) groups excluding carboxylic acids is 1. The van der Waals surface area contributed by atoms with Crippen LogP contribution in [0.1, 0.15) is 41.4 Å². The Kier molecular flexibility index (Phi) is 3.30. The smallest absolute Gasteiger partial charge is 0.255 e. The molecule has 3 heterocycles. The molecule has 0 saturated heterocycles. The quantitative estimate of drug-likeness (QED) is 0.852. The molecule has 1 aromatic heterocycles.